The standard InChI is InChI=1S/C23H25FN6O3S/c1-15(34-18(13-25)12-16-2-4-17(24)5-3-16)20-21(32)22(33)30-11-10-29(23(30)27-20)14-19(31)28-8-6-26-7-9-28/h2-5,10-11,13,26,32H,1,6-9,12,14,25H2/b18-13-. The molecule has 9 nitrogen and oxygen atoms in total. The summed E-state index contributed by atoms with van der Waals surface area (Å²) < 4.78 is 16.0. The average molecular weight is 485 g/mol. The molecular formula is C23H25FN6O3S. The summed E-state index contributed by atoms with van der Waals surface area (Å²) in [5, 5.41) is 13.7. The Hall–Kier alpha value is -3.57. The number of carbonyl (C=O) groups is 1. The minimum atomic E-state index is -0.660. The van der Waals surface area contributed by atoms with Gasteiger partial charge < -0.3 is 25.6 Å². The Kier molecular flexibility index (Phi) is 7.03. The van der Waals surface area contributed by atoms with Gasteiger partial charge in [0.1, 0.15) is 18.1 Å². The molecule has 0 aliphatic carbocycles. The quantitative estimate of drug-likeness (QED) is 0.465. The minimum absolute atomic E-state index is 0.0167. The molecule has 0 radical (unpaired) electrons. The number of thioether (sulfide) groups is 1. The monoisotopic (exact) mass is 484 g/mol. The highest BCUT2D eigenvalue weighted by molar-refractivity contribution is 8.11. The summed E-state index contributed by atoms with van der Waals surface area (Å²) >= 11 is 1.16. The summed E-state index contributed by atoms with van der Waals surface area (Å²) in [6, 6.07) is 6.03. The van der Waals surface area contributed by atoms with Crippen molar-refractivity contribution in [2.45, 2.75) is 13.0 Å². The zero-order valence-electron chi connectivity index (χ0n) is 18.4. The van der Waals surface area contributed by atoms with Crippen LogP contribution in [0.5, 0.6) is 5.75 Å². The summed E-state index contributed by atoms with van der Waals surface area (Å²) in [4.78, 5) is 32.7. The number of rotatable bonds is 7. The molecule has 1 aliphatic heterocycles. The van der Waals surface area contributed by atoms with Gasteiger partial charge in [0.05, 0.1) is 0 Å². The fourth-order valence-corrected chi connectivity index (χ4v) is 4.54. The van der Waals surface area contributed by atoms with E-state index in [1.807, 2.05) is 0 Å². The Bertz CT molecular complexity index is 1310. The topological polar surface area (TPSA) is 118 Å². The van der Waals surface area contributed by atoms with E-state index in [0.717, 1.165) is 30.4 Å². The Balaban J connectivity index is 1.57. The fourth-order valence-electron chi connectivity index (χ4n) is 3.68. The lowest BCUT2D eigenvalue weighted by molar-refractivity contribution is -0.132. The molecule has 0 unspecified atom stereocenters. The van der Waals surface area contributed by atoms with Crippen LogP contribution in [0.2, 0.25) is 0 Å². The van der Waals surface area contributed by atoms with Gasteiger partial charge in [-0.2, -0.15) is 0 Å². The number of benzene rings is 1. The van der Waals surface area contributed by atoms with Crippen molar-refractivity contribution < 1.29 is 14.3 Å². The second kappa shape index (κ2) is 10.1. The number of piperazine rings is 1. The van der Waals surface area contributed by atoms with Crippen molar-refractivity contribution in [2.24, 2.45) is 5.73 Å². The smallest absolute Gasteiger partial charge is 0.301 e. The molecule has 1 aliphatic rings. The zero-order chi connectivity index (χ0) is 24.2. The van der Waals surface area contributed by atoms with E-state index in [1.54, 1.807) is 27.8 Å². The first kappa shape index (κ1) is 23.6. The van der Waals surface area contributed by atoms with Crippen LogP contribution in [-0.4, -0.2) is 56.0 Å². The van der Waals surface area contributed by atoms with Crippen molar-refractivity contribution in [3.63, 3.8) is 0 Å². The van der Waals surface area contributed by atoms with E-state index in [0.29, 0.717) is 29.3 Å². The Morgan fingerprint density at radius 2 is 1.97 bits per heavy atom. The SMILES string of the molecule is C=C(S/C(=C\N)Cc1ccc(F)cc1)c1nc2n(CC(=O)N3CCNCC3)ccn2c(=O)c1O. The van der Waals surface area contributed by atoms with Gasteiger partial charge in [0.15, 0.2) is 0 Å². The lowest BCUT2D eigenvalue weighted by atomic mass is 10.1. The number of nitrogens with zero attached hydrogens (tertiary/aromatic N) is 4. The van der Waals surface area contributed by atoms with Crippen molar-refractivity contribution in [1.29, 1.82) is 0 Å². The third kappa shape index (κ3) is 5.00. The van der Waals surface area contributed by atoms with Crippen molar-refractivity contribution in [1.82, 2.24) is 24.2 Å². The van der Waals surface area contributed by atoms with E-state index in [4.69, 9.17) is 5.73 Å². The molecule has 1 fully saturated rings. The molecular weight excluding hydrogens is 459 g/mol. The number of nitrogens with two attached hydrogens (primary N) is 1. The Morgan fingerprint density at radius 1 is 1.26 bits per heavy atom. The van der Waals surface area contributed by atoms with Crippen molar-refractivity contribution in [3.05, 3.63) is 81.8 Å². The maximum atomic E-state index is 13.2. The summed E-state index contributed by atoms with van der Waals surface area (Å²) in [5.41, 5.74) is 5.97. The largest absolute Gasteiger partial charge is 0.501 e. The van der Waals surface area contributed by atoms with Crippen molar-refractivity contribution in [2.75, 3.05) is 26.2 Å². The second-order valence-electron chi connectivity index (χ2n) is 7.80. The highest BCUT2D eigenvalue weighted by Crippen LogP contribution is 2.35. The number of imidazole rings is 1. The molecule has 2 aromatic heterocycles. The molecule has 34 heavy (non-hydrogen) atoms. The first-order chi connectivity index (χ1) is 16.4. The predicted octanol–water partition coefficient (Wildman–Crippen LogP) is 1.52. The molecule has 1 amide bonds. The molecule has 0 atom stereocenters. The molecule has 4 N–H and O–H groups in total. The second-order valence-corrected chi connectivity index (χ2v) is 9.02. The lowest BCUT2D eigenvalue weighted by Gasteiger charge is -2.27. The molecule has 0 spiro atoms. The van der Waals surface area contributed by atoms with E-state index in [-0.39, 0.29) is 29.7 Å². The van der Waals surface area contributed by atoms with E-state index in [2.05, 4.69) is 16.9 Å². The van der Waals surface area contributed by atoms with Gasteiger partial charge in [0.2, 0.25) is 17.4 Å². The van der Waals surface area contributed by atoms with Gasteiger partial charge in [-0.25, -0.2) is 13.8 Å². The number of hydrogen-bond acceptors (Lipinski definition) is 7. The molecule has 1 saturated heterocycles. The molecule has 3 aromatic rings. The normalized spacial score (nSPS) is 14.5. The fraction of sp³-hybridized carbons (Fsp3) is 0.261. The summed E-state index contributed by atoms with van der Waals surface area (Å²) in [6.45, 7) is 6.70. The molecule has 178 valence electrons. The van der Waals surface area contributed by atoms with Crippen molar-refractivity contribution in [3.8, 4) is 5.75 Å². The molecule has 3 heterocycles. The van der Waals surface area contributed by atoms with E-state index in [9.17, 15) is 19.1 Å². The number of allylic oxidation sites excluding steroid dienone is 1. The lowest BCUT2D eigenvalue weighted by Crippen LogP contribution is -2.47. The van der Waals surface area contributed by atoms with E-state index < -0.39 is 11.3 Å². The maximum absolute atomic E-state index is 13.2. The van der Waals surface area contributed by atoms with Gasteiger partial charge >= 0.3 is 5.56 Å². The van der Waals surface area contributed by atoms with Gasteiger partial charge in [-0.1, -0.05) is 30.5 Å². The summed E-state index contributed by atoms with van der Waals surface area (Å²) in [5.74, 6) is -0.732. The van der Waals surface area contributed by atoms with E-state index in [1.165, 1.54) is 28.9 Å². The first-order valence-electron chi connectivity index (χ1n) is 10.7. The van der Waals surface area contributed by atoms with Gasteiger partial charge in [-0.05, 0) is 17.7 Å². The average Bonchev–Trinajstić information content (AvgIpc) is 3.25. The van der Waals surface area contributed by atoms with Gasteiger partial charge in [0.25, 0.3) is 0 Å². The van der Waals surface area contributed by atoms with Gasteiger partial charge in [0, 0.05) is 61.0 Å². The number of fused-ring (bicyclic) bond motifs is 1. The summed E-state index contributed by atoms with van der Waals surface area (Å²) in [7, 11) is 0. The third-order valence-electron chi connectivity index (χ3n) is 5.50. The van der Waals surface area contributed by atoms with Crippen LogP contribution in [0.3, 0.4) is 0 Å². The number of aromatic hydroxyl groups is 1. The van der Waals surface area contributed by atoms with Crippen LogP contribution in [0, 0.1) is 5.82 Å². The van der Waals surface area contributed by atoms with Crippen LogP contribution in [0.1, 0.15) is 11.3 Å². The number of hydrogen-bond donors (Lipinski definition) is 3. The maximum Gasteiger partial charge on any atom is 0.301 e. The number of aromatic nitrogens is 3. The van der Waals surface area contributed by atoms with Crippen LogP contribution in [-0.2, 0) is 17.8 Å². The highest BCUT2D eigenvalue weighted by atomic mass is 32.2. The predicted molar refractivity (Wildman–Crippen MR) is 130 cm³/mol. The number of nitrogens with one attached hydrogen (secondary N) is 1. The Labute approximate surface area is 199 Å². The zero-order valence-corrected chi connectivity index (χ0v) is 19.2. The number of halogens is 1. The van der Waals surface area contributed by atoms with Gasteiger partial charge in [-0.3, -0.25) is 9.59 Å². The molecule has 0 saturated carbocycles. The minimum Gasteiger partial charge on any atom is -0.501 e. The number of amides is 1. The molecule has 1 aromatic carbocycles. The van der Waals surface area contributed by atoms with Crippen LogP contribution in [0.25, 0.3) is 10.7 Å². The first-order valence-corrected chi connectivity index (χ1v) is 11.5. The van der Waals surface area contributed by atoms with Crippen LogP contribution in [0.4, 0.5) is 4.39 Å². The van der Waals surface area contributed by atoms with Crippen molar-refractivity contribution >= 4 is 28.4 Å². The highest BCUT2D eigenvalue weighted by Gasteiger charge is 2.21. The summed E-state index contributed by atoms with van der Waals surface area (Å²) in [6.07, 6.45) is 4.87. The van der Waals surface area contributed by atoms with Crippen LogP contribution < -0.4 is 16.6 Å². The molecule has 0 bridgehead atoms. The van der Waals surface area contributed by atoms with Gasteiger partial charge in [-0.15, -0.1) is 0 Å². The third-order valence-corrected chi connectivity index (χ3v) is 6.48. The Morgan fingerprint density at radius 3 is 2.65 bits per heavy atom. The molecule has 4 rings (SSSR count). The van der Waals surface area contributed by atoms with E-state index >= 15 is 0 Å². The molecule has 11 heteroatoms. The number of carbonyl (C=O) groups excluding carboxylic acids is 1. The van der Waals surface area contributed by atoms with Crippen LogP contribution in [0.15, 0.2) is 59.1 Å². The van der Waals surface area contributed by atoms with Crippen LogP contribution >= 0.6 is 11.8 Å².